The number of halogens is 1. The van der Waals surface area contributed by atoms with Crippen molar-refractivity contribution in [2.45, 2.75) is 19.0 Å². The van der Waals surface area contributed by atoms with Crippen molar-refractivity contribution in [2.24, 2.45) is 0 Å². The summed E-state index contributed by atoms with van der Waals surface area (Å²) >= 11 is 3.50. The molecular formula is C16H14BrN3. The highest BCUT2D eigenvalue weighted by Gasteiger charge is 2.21. The third-order valence-electron chi connectivity index (χ3n) is 3.87. The molecule has 1 aliphatic rings. The first-order chi connectivity index (χ1) is 9.79. The van der Waals surface area contributed by atoms with Crippen molar-refractivity contribution in [2.75, 3.05) is 0 Å². The maximum atomic E-state index is 4.71. The SMILES string of the molecule is Brc1ccc2nc(C3Cc4ccccc4CN3)[nH]c2c1. The molecule has 100 valence electrons. The van der Waals surface area contributed by atoms with Gasteiger partial charge >= 0.3 is 0 Å². The second kappa shape index (κ2) is 4.72. The minimum Gasteiger partial charge on any atom is -0.341 e. The van der Waals surface area contributed by atoms with E-state index in [4.69, 9.17) is 4.98 Å². The number of nitrogens with one attached hydrogen (secondary N) is 2. The summed E-state index contributed by atoms with van der Waals surface area (Å²) in [5, 5.41) is 3.56. The van der Waals surface area contributed by atoms with Crippen LogP contribution in [0.3, 0.4) is 0 Å². The molecule has 0 spiro atoms. The molecule has 0 aliphatic carbocycles. The van der Waals surface area contributed by atoms with Gasteiger partial charge in [0.1, 0.15) is 5.82 Å². The molecule has 0 saturated carbocycles. The molecule has 4 rings (SSSR count). The number of benzene rings is 2. The van der Waals surface area contributed by atoms with E-state index in [-0.39, 0.29) is 6.04 Å². The molecule has 0 radical (unpaired) electrons. The number of rotatable bonds is 1. The monoisotopic (exact) mass is 327 g/mol. The molecule has 0 saturated heterocycles. The quantitative estimate of drug-likeness (QED) is 0.715. The van der Waals surface area contributed by atoms with Gasteiger partial charge in [0.05, 0.1) is 17.1 Å². The molecule has 0 amide bonds. The molecule has 1 aliphatic heterocycles. The Bertz CT molecular complexity index is 778. The average molecular weight is 328 g/mol. The molecule has 3 aromatic rings. The van der Waals surface area contributed by atoms with Crippen LogP contribution in [0.1, 0.15) is 23.0 Å². The highest BCUT2D eigenvalue weighted by atomic mass is 79.9. The van der Waals surface area contributed by atoms with E-state index < -0.39 is 0 Å². The Labute approximate surface area is 125 Å². The number of fused-ring (bicyclic) bond motifs is 2. The van der Waals surface area contributed by atoms with Crippen LogP contribution < -0.4 is 5.32 Å². The fraction of sp³-hybridized carbons (Fsp3) is 0.188. The van der Waals surface area contributed by atoms with Gasteiger partial charge in [0.2, 0.25) is 0 Å². The van der Waals surface area contributed by atoms with Gasteiger partial charge in [0.25, 0.3) is 0 Å². The minimum absolute atomic E-state index is 0.260. The van der Waals surface area contributed by atoms with E-state index in [1.54, 1.807) is 0 Å². The first-order valence-corrected chi connectivity index (χ1v) is 7.54. The fourth-order valence-corrected chi connectivity index (χ4v) is 3.18. The van der Waals surface area contributed by atoms with Crippen molar-refractivity contribution in [1.29, 1.82) is 0 Å². The molecule has 1 unspecified atom stereocenters. The Morgan fingerprint density at radius 3 is 2.85 bits per heavy atom. The summed E-state index contributed by atoms with van der Waals surface area (Å²) < 4.78 is 1.07. The molecule has 2 N–H and O–H groups in total. The molecule has 0 bridgehead atoms. The van der Waals surface area contributed by atoms with Crippen LogP contribution >= 0.6 is 15.9 Å². The molecule has 2 heterocycles. The Morgan fingerprint density at radius 2 is 1.95 bits per heavy atom. The zero-order valence-electron chi connectivity index (χ0n) is 10.9. The van der Waals surface area contributed by atoms with E-state index in [2.05, 4.69) is 56.6 Å². The summed E-state index contributed by atoms with van der Waals surface area (Å²) in [6.07, 6.45) is 0.983. The number of hydrogen-bond acceptors (Lipinski definition) is 2. The van der Waals surface area contributed by atoms with Crippen molar-refractivity contribution < 1.29 is 0 Å². The summed E-state index contributed by atoms with van der Waals surface area (Å²) in [7, 11) is 0. The second-order valence-electron chi connectivity index (χ2n) is 5.19. The van der Waals surface area contributed by atoms with Crippen LogP contribution in [0.5, 0.6) is 0 Å². The zero-order valence-corrected chi connectivity index (χ0v) is 12.4. The Kier molecular flexibility index (Phi) is 2.86. The third kappa shape index (κ3) is 2.05. The van der Waals surface area contributed by atoms with Crippen molar-refractivity contribution in [1.82, 2.24) is 15.3 Å². The first kappa shape index (κ1) is 12.1. The van der Waals surface area contributed by atoms with Crippen molar-refractivity contribution >= 4 is 27.0 Å². The van der Waals surface area contributed by atoms with Gasteiger partial charge in [0.15, 0.2) is 0 Å². The van der Waals surface area contributed by atoms with Crippen LogP contribution in [-0.2, 0) is 13.0 Å². The zero-order chi connectivity index (χ0) is 13.5. The highest BCUT2D eigenvalue weighted by molar-refractivity contribution is 9.10. The first-order valence-electron chi connectivity index (χ1n) is 6.75. The van der Waals surface area contributed by atoms with Gasteiger partial charge in [-0.2, -0.15) is 0 Å². The largest absolute Gasteiger partial charge is 0.341 e. The molecule has 0 fully saturated rings. The fourth-order valence-electron chi connectivity index (χ4n) is 2.81. The summed E-state index contributed by atoms with van der Waals surface area (Å²) in [6, 6.07) is 15.0. The van der Waals surface area contributed by atoms with Gasteiger partial charge in [0, 0.05) is 11.0 Å². The topological polar surface area (TPSA) is 40.7 Å². The number of hydrogen-bond donors (Lipinski definition) is 2. The number of aromatic amines is 1. The van der Waals surface area contributed by atoms with E-state index in [1.165, 1.54) is 11.1 Å². The lowest BCUT2D eigenvalue weighted by atomic mass is 9.96. The van der Waals surface area contributed by atoms with Crippen molar-refractivity contribution in [3.8, 4) is 0 Å². The number of H-pyrrole nitrogens is 1. The van der Waals surface area contributed by atoms with E-state index in [1.807, 2.05) is 12.1 Å². The van der Waals surface area contributed by atoms with Gasteiger partial charge in [-0.3, -0.25) is 0 Å². The molecule has 4 heteroatoms. The predicted molar refractivity (Wildman–Crippen MR) is 83.5 cm³/mol. The van der Waals surface area contributed by atoms with Gasteiger partial charge in [-0.25, -0.2) is 4.98 Å². The highest BCUT2D eigenvalue weighted by Crippen LogP contribution is 2.26. The Balaban J connectivity index is 1.70. The molecule has 20 heavy (non-hydrogen) atoms. The summed E-state index contributed by atoms with van der Waals surface area (Å²) in [5.41, 5.74) is 4.90. The maximum Gasteiger partial charge on any atom is 0.124 e. The van der Waals surface area contributed by atoms with Crippen LogP contribution in [-0.4, -0.2) is 9.97 Å². The molecular weight excluding hydrogens is 314 g/mol. The molecule has 2 aromatic carbocycles. The number of imidazole rings is 1. The van der Waals surface area contributed by atoms with E-state index in [9.17, 15) is 0 Å². The van der Waals surface area contributed by atoms with Gasteiger partial charge < -0.3 is 10.3 Å². The van der Waals surface area contributed by atoms with E-state index in [0.29, 0.717) is 0 Å². The number of aromatic nitrogens is 2. The molecule has 1 atom stereocenters. The smallest absolute Gasteiger partial charge is 0.124 e. The normalized spacial score (nSPS) is 18.1. The Morgan fingerprint density at radius 1 is 1.10 bits per heavy atom. The van der Waals surface area contributed by atoms with Gasteiger partial charge in [-0.1, -0.05) is 40.2 Å². The lowest BCUT2D eigenvalue weighted by Crippen LogP contribution is -2.29. The van der Waals surface area contributed by atoms with Crippen LogP contribution in [0.2, 0.25) is 0 Å². The second-order valence-corrected chi connectivity index (χ2v) is 6.11. The lowest BCUT2D eigenvalue weighted by Gasteiger charge is -2.24. The molecule has 3 nitrogen and oxygen atoms in total. The van der Waals surface area contributed by atoms with E-state index >= 15 is 0 Å². The third-order valence-corrected chi connectivity index (χ3v) is 4.37. The summed E-state index contributed by atoms with van der Waals surface area (Å²) in [6.45, 7) is 0.904. The average Bonchev–Trinajstić information content (AvgIpc) is 2.89. The summed E-state index contributed by atoms with van der Waals surface area (Å²) in [4.78, 5) is 8.14. The standard InChI is InChI=1S/C16H14BrN3/c17-12-5-6-13-14(8-12)20-16(19-13)15-7-10-3-1-2-4-11(10)9-18-15/h1-6,8,15,18H,7,9H2,(H,19,20). The Hall–Kier alpha value is -1.65. The van der Waals surface area contributed by atoms with Crippen LogP contribution in [0.25, 0.3) is 11.0 Å². The van der Waals surface area contributed by atoms with Gasteiger partial charge in [-0.05, 0) is 35.7 Å². The lowest BCUT2D eigenvalue weighted by molar-refractivity contribution is 0.481. The van der Waals surface area contributed by atoms with Crippen LogP contribution in [0, 0.1) is 0 Å². The van der Waals surface area contributed by atoms with Crippen molar-refractivity contribution in [3.05, 3.63) is 63.9 Å². The minimum atomic E-state index is 0.260. The molecule has 1 aromatic heterocycles. The predicted octanol–water partition coefficient (Wildman–Crippen LogP) is 3.71. The van der Waals surface area contributed by atoms with E-state index in [0.717, 1.165) is 34.3 Å². The summed E-state index contributed by atoms with van der Waals surface area (Å²) in [5.74, 6) is 1.02. The van der Waals surface area contributed by atoms with Crippen molar-refractivity contribution in [3.63, 3.8) is 0 Å². The van der Waals surface area contributed by atoms with Gasteiger partial charge in [-0.15, -0.1) is 0 Å². The number of nitrogens with zero attached hydrogens (tertiary/aromatic N) is 1. The maximum absolute atomic E-state index is 4.71. The van der Waals surface area contributed by atoms with Crippen LogP contribution in [0.15, 0.2) is 46.9 Å². The van der Waals surface area contributed by atoms with Crippen LogP contribution in [0.4, 0.5) is 0 Å².